The summed E-state index contributed by atoms with van der Waals surface area (Å²) in [6, 6.07) is 25.5. The Bertz CT molecular complexity index is 989. The number of para-hydroxylation sites is 3. The normalized spacial score (nSPS) is 14.5. The maximum Gasteiger partial charge on any atom is 0.279 e. The number of carbonyl (C=O) groups excluding carboxylic acids is 1. The smallest absolute Gasteiger partial charge is 0.279 e. The highest BCUT2D eigenvalue weighted by Gasteiger charge is 2.23. The maximum atomic E-state index is 12.7. The van der Waals surface area contributed by atoms with Gasteiger partial charge in [0.2, 0.25) is 0 Å². The van der Waals surface area contributed by atoms with E-state index in [9.17, 15) is 9.90 Å². The van der Waals surface area contributed by atoms with Crippen LogP contribution in [-0.4, -0.2) is 43.7 Å². The van der Waals surface area contributed by atoms with Crippen molar-refractivity contribution in [2.24, 2.45) is 0 Å². The Morgan fingerprint density at radius 3 is 2.37 bits per heavy atom. The van der Waals surface area contributed by atoms with Gasteiger partial charge in [0.05, 0.1) is 37.6 Å². The molecule has 0 saturated carbocycles. The number of rotatable bonds is 6. The Hall–Kier alpha value is -2.96. The number of phenolic OH excluding ortho intramolecular Hbond substituents is 1. The fourth-order valence-electron chi connectivity index (χ4n) is 3.67. The van der Waals surface area contributed by atoms with Crippen molar-refractivity contribution in [2.45, 2.75) is 9.79 Å². The number of benzene rings is 3. The highest BCUT2D eigenvalue weighted by Crippen LogP contribution is 2.33. The minimum Gasteiger partial charge on any atom is -0.506 e. The van der Waals surface area contributed by atoms with Gasteiger partial charge in [-0.1, -0.05) is 54.2 Å². The number of anilines is 2. The monoisotopic (exact) mass is 420 g/mol. The average molecular weight is 421 g/mol. The third-order valence-electron chi connectivity index (χ3n) is 5.24. The number of amides is 1. The lowest BCUT2D eigenvalue weighted by Crippen LogP contribution is -3.15. The van der Waals surface area contributed by atoms with E-state index in [2.05, 4.69) is 22.3 Å². The Morgan fingerprint density at radius 1 is 0.933 bits per heavy atom. The predicted molar refractivity (Wildman–Crippen MR) is 122 cm³/mol. The summed E-state index contributed by atoms with van der Waals surface area (Å²) < 4.78 is 0. The molecule has 1 amide bonds. The Kier molecular flexibility index (Phi) is 6.57. The van der Waals surface area contributed by atoms with Crippen LogP contribution in [0.4, 0.5) is 11.4 Å². The van der Waals surface area contributed by atoms with Crippen molar-refractivity contribution in [3.8, 4) is 5.75 Å². The maximum absolute atomic E-state index is 12.7. The molecule has 6 heteroatoms. The number of hydrogen-bond acceptors (Lipinski definition) is 4. The molecular weight excluding hydrogens is 394 g/mol. The Balaban J connectivity index is 1.32. The van der Waals surface area contributed by atoms with Crippen LogP contribution in [0.5, 0.6) is 5.75 Å². The summed E-state index contributed by atoms with van der Waals surface area (Å²) in [5.74, 6) is 0.341. The second kappa shape index (κ2) is 9.69. The molecule has 0 aromatic heterocycles. The van der Waals surface area contributed by atoms with E-state index in [0.717, 1.165) is 47.3 Å². The van der Waals surface area contributed by atoms with Crippen LogP contribution in [0.2, 0.25) is 0 Å². The van der Waals surface area contributed by atoms with Crippen molar-refractivity contribution in [3.05, 3.63) is 78.9 Å². The van der Waals surface area contributed by atoms with E-state index in [1.54, 1.807) is 17.8 Å². The Labute approximate surface area is 181 Å². The van der Waals surface area contributed by atoms with Gasteiger partial charge in [0.15, 0.2) is 6.54 Å². The largest absolute Gasteiger partial charge is 0.506 e. The molecule has 0 unspecified atom stereocenters. The van der Waals surface area contributed by atoms with Crippen molar-refractivity contribution < 1.29 is 14.8 Å². The van der Waals surface area contributed by atoms with E-state index in [-0.39, 0.29) is 5.91 Å². The summed E-state index contributed by atoms with van der Waals surface area (Å²) in [5, 5.41) is 13.2. The number of phenols is 1. The topological polar surface area (TPSA) is 57.0 Å². The third-order valence-corrected chi connectivity index (χ3v) is 6.32. The van der Waals surface area contributed by atoms with Crippen LogP contribution in [0.15, 0.2) is 88.7 Å². The van der Waals surface area contributed by atoms with E-state index in [4.69, 9.17) is 0 Å². The van der Waals surface area contributed by atoms with Crippen LogP contribution >= 0.6 is 11.8 Å². The van der Waals surface area contributed by atoms with Crippen molar-refractivity contribution in [3.63, 3.8) is 0 Å². The molecule has 1 aliphatic heterocycles. The SMILES string of the molecule is O=C(C[NH+]1CCN(c2ccccc2O)CC1)Nc1ccccc1Sc1ccccc1. The van der Waals surface area contributed by atoms with Crippen LogP contribution in [0.25, 0.3) is 0 Å². The number of aromatic hydroxyl groups is 1. The zero-order valence-electron chi connectivity index (χ0n) is 16.8. The molecule has 0 atom stereocenters. The molecule has 1 fully saturated rings. The van der Waals surface area contributed by atoms with Gasteiger partial charge in [-0.05, 0) is 36.4 Å². The van der Waals surface area contributed by atoms with Crippen molar-refractivity contribution >= 4 is 29.0 Å². The van der Waals surface area contributed by atoms with Gasteiger partial charge < -0.3 is 20.2 Å². The van der Waals surface area contributed by atoms with Gasteiger partial charge in [-0.15, -0.1) is 0 Å². The van der Waals surface area contributed by atoms with Crippen molar-refractivity contribution in [2.75, 3.05) is 42.9 Å². The van der Waals surface area contributed by atoms with E-state index in [1.807, 2.05) is 60.7 Å². The summed E-state index contributed by atoms with van der Waals surface area (Å²) in [6.45, 7) is 3.81. The first-order chi connectivity index (χ1) is 14.7. The van der Waals surface area contributed by atoms with Crippen LogP contribution in [0.1, 0.15) is 0 Å². The van der Waals surface area contributed by atoms with Crippen LogP contribution in [0, 0.1) is 0 Å². The van der Waals surface area contributed by atoms with Gasteiger partial charge in [0, 0.05) is 9.79 Å². The number of nitrogens with one attached hydrogen (secondary N) is 2. The van der Waals surface area contributed by atoms with Crippen LogP contribution in [-0.2, 0) is 4.79 Å². The molecule has 4 rings (SSSR count). The van der Waals surface area contributed by atoms with E-state index in [0.29, 0.717) is 12.3 Å². The van der Waals surface area contributed by atoms with Gasteiger partial charge in [-0.3, -0.25) is 4.79 Å². The molecule has 30 heavy (non-hydrogen) atoms. The predicted octanol–water partition coefficient (Wildman–Crippen LogP) is 2.89. The molecule has 3 aromatic rings. The number of nitrogens with zero attached hydrogens (tertiary/aromatic N) is 1. The molecule has 0 radical (unpaired) electrons. The summed E-state index contributed by atoms with van der Waals surface area (Å²) in [5.41, 5.74) is 1.72. The fraction of sp³-hybridized carbons (Fsp3) is 0.208. The second-order valence-corrected chi connectivity index (χ2v) is 8.48. The highest BCUT2D eigenvalue weighted by molar-refractivity contribution is 7.99. The molecule has 1 saturated heterocycles. The zero-order valence-corrected chi connectivity index (χ0v) is 17.6. The van der Waals surface area contributed by atoms with E-state index >= 15 is 0 Å². The van der Waals surface area contributed by atoms with Gasteiger partial charge in [0.1, 0.15) is 5.75 Å². The average Bonchev–Trinajstić information content (AvgIpc) is 2.77. The van der Waals surface area contributed by atoms with Crippen LogP contribution in [0.3, 0.4) is 0 Å². The molecule has 0 bridgehead atoms. The number of piperazine rings is 1. The molecular formula is C24H26N3O2S+. The highest BCUT2D eigenvalue weighted by atomic mass is 32.2. The molecule has 1 heterocycles. The fourth-order valence-corrected chi connectivity index (χ4v) is 4.59. The standard InChI is InChI=1S/C24H25N3O2S/c28-22-12-6-5-11-21(22)27-16-14-26(15-17-27)18-24(29)25-20-10-4-7-13-23(20)30-19-8-2-1-3-9-19/h1-13,28H,14-18H2,(H,25,29)/p+1. The minimum absolute atomic E-state index is 0.0297. The summed E-state index contributed by atoms with van der Waals surface area (Å²) in [6.07, 6.45) is 0. The first-order valence-electron chi connectivity index (χ1n) is 10.2. The molecule has 5 nitrogen and oxygen atoms in total. The molecule has 1 aliphatic rings. The molecule has 154 valence electrons. The molecule has 0 spiro atoms. The van der Waals surface area contributed by atoms with E-state index < -0.39 is 0 Å². The lowest BCUT2D eigenvalue weighted by Gasteiger charge is -2.33. The lowest BCUT2D eigenvalue weighted by molar-refractivity contribution is -0.892. The number of hydrogen-bond donors (Lipinski definition) is 3. The summed E-state index contributed by atoms with van der Waals surface area (Å²) in [4.78, 5) is 18.3. The van der Waals surface area contributed by atoms with E-state index in [1.165, 1.54) is 4.90 Å². The van der Waals surface area contributed by atoms with Crippen molar-refractivity contribution in [1.82, 2.24) is 0 Å². The van der Waals surface area contributed by atoms with Gasteiger partial charge in [-0.25, -0.2) is 0 Å². The third kappa shape index (κ3) is 5.14. The van der Waals surface area contributed by atoms with Crippen molar-refractivity contribution in [1.29, 1.82) is 0 Å². The lowest BCUT2D eigenvalue weighted by atomic mass is 10.2. The van der Waals surface area contributed by atoms with Gasteiger partial charge in [0.25, 0.3) is 5.91 Å². The minimum atomic E-state index is 0.0297. The summed E-state index contributed by atoms with van der Waals surface area (Å²) >= 11 is 1.65. The molecule has 3 aromatic carbocycles. The zero-order chi connectivity index (χ0) is 20.8. The first-order valence-corrected chi connectivity index (χ1v) is 11.0. The quantitative estimate of drug-likeness (QED) is 0.574. The number of quaternary nitrogens is 1. The van der Waals surface area contributed by atoms with Gasteiger partial charge >= 0.3 is 0 Å². The van der Waals surface area contributed by atoms with Gasteiger partial charge in [-0.2, -0.15) is 0 Å². The molecule has 3 N–H and O–H groups in total. The van der Waals surface area contributed by atoms with Crippen LogP contribution < -0.4 is 15.1 Å². The second-order valence-electron chi connectivity index (χ2n) is 7.36. The first kappa shape index (κ1) is 20.3. The summed E-state index contributed by atoms with van der Waals surface area (Å²) in [7, 11) is 0. The number of carbonyl (C=O) groups is 1. The Morgan fingerprint density at radius 2 is 1.60 bits per heavy atom. The molecule has 0 aliphatic carbocycles.